The summed E-state index contributed by atoms with van der Waals surface area (Å²) in [6.45, 7) is -0.281. The van der Waals surface area contributed by atoms with Crippen molar-refractivity contribution >= 4 is 29.1 Å². The molecule has 0 unspecified atom stereocenters. The molecule has 3 amide bonds. The number of imide groups is 1. The number of nitrogens with zero attached hydrogens (tertiary/aromatic N) is 2. The molecule has 3 rings (SSSR count). The molecule has 0 aromatic carbocycles. The van der Waals surface area contributed by atoms with Crippen LogP contribution in [0, 0.1) is 0 Å². The molecule has 0 aliphatic carbocycles. The third-order valence-electron chi connectivity index (χ3n) is 2.69. The van der Waals surface area contributed by atoms with E-state index in [0.717, 1.165) is 0 Å². The molecule has 0 bridgehead atoms. The lowest BCUT2D eigenvalue weighted by Gasteiger charge is -2.24. The molecule has 20 heavy (non-hydrogen) atoms. The molecule has 7 nitrogen and oxygen atoms in total. The van der Waals surface area contributed by atoms with Gasteiger partial charge in [0.1, 0.15) is 18.8 Å². The minimum Gasteiger partial charge on any atom is -0.462 e. The molecule has 8 heteroatoms. The highest BCUT2D eigenvalue weighted by molar-refractivity contribution is 7.13. The Morgan fingerprint density at radius 1 is 1.35 bits per heavy atom. The molecular formula is C12H9N3O4S. The number of furan rings is 1. The predicted octanol–water partition coefficient (Wildman–Crippen LogP) is 0.502. The third-order valence-corrected chi connectivity index (χ3v) is 3.55. The molecule has 1 aliphatic rings. The fourth-order valence-electron chi connectivity index (χ4n) is 1.83. The summed E-state index contributed by atoms with van der Waals surface area (Å²) in [7, 11) is 0. The zero-order valence-electron chi connectivity index (χ0n) is 10.2. The monoisotopic (exact) mass is 291 g/mol. The first-order valence-electron chi connectivity index (χ1n) is 5.75. The highest BCUT2D eigenvalue weighted by Crippen LogP contribution is 2.24. The molecule has 1 aliphatic heterocycles. The fourth-order valence-corrected chi connectivity index (χ4v) is 2.59. The number of rotatable bonds is 2. The van der Waals surface area contributed by atoms with Crippen molar-refractivity contribution in [3.8, 4) is 10.8 Å². The Balaban J connectivity index is 1.81. The molecule has 102 valence electrons. The van der Waals surface area contributed by atoms with E-state index in [1.165, 1.54) is 22.5 Å². The molecule has 2 aromatic rings. The Kier molecular flexibility index (Phi) is 3.07. The van der Waals surface area contributed by atoms with Crippen molar-refractivity contribution in [3.63, 3.8) is 0 Å². The standard InChI is InChI=1S/C12H9N3O4S/c16-9-4-15(5-10(17)14-9)12(18)7-6-20-11(13-7)8-2-1-3-19-8/h1-3,6H,4-5H2,(H,14,16,17). The van der Waals surface area contributed by atoms with E-state index in [1.807, 2.05) is 0 Å². The number of hydrogen-bond donors (Lipinski definition) is 1. The maximum Gasteiger partial charge on any atom is 0.274 e. The van der Waals surface area contributed by atoms with Gasteiger partial charge in [-0.2, -0.15) is 0 Å². The summed E-state index contributed by atoms with van der Waals surface area (Å²) in [6, 6.07) is 3.47. The SMILES string of the molecule is O=C1CN(C(=O)c2csc(-c3ccco3)n2)CC(=O)N1. The normalized spacial score (nSPS) is 15.3. The number of thiazole rings is 1. The number of nitrogens with one attached hydrogen (secondary N) is 1. The van der Waals surface area contributed by atoms with Gasteiger partial charge in [0, 0.05) is 5.38 Å². The van der Waals surface area contributed by atoms with Gasteiger partial charge in [0.05, 0.1) is 6.26 Å². The molecule has 3 heterocycles. The minimum atomic E-state index is -0.490. The first kappa shape index (κ1) is 12.5. The van der Waals surface area contributed by atoms with Crippen molar-refractivity contribution in [2.75, 3.05) is 13.1 Å². The van der Waals surface area contributed by atoms with Crippen molar-refractivity contribution < 1.29 is 18.8 Å². The van der Waals surface area contributed by atoms with Gasteiger partial charge >= 0.3 is 0 Å². The summed E-state index contributed by atoms with van der Waals surface area (Å²) < 4.78 is 5.20. The second kappa shape index (κ2) is 4.89. The topological polar surface area (TPSA) is 92.5 Å². The Morgan fingerprint density at radius 2 is 2.10 bits per heavy atom. The molecule has 2 aromatic heterocycles. The van der Waals surface area contributed by atoms with Gasteiger partial charge < -0.3 is 9.32 Å². The van der Waals surface area contributed by atoms with E-state index in [0.29, 0.717) is 10.8 Å². The summed E-state index contributed by atoms with van der Waals surface area (Å²) in [5.74, 6) is -0.851. The summed E-state index contributed by atoms with van der Waals surface area (Å²) >= 11 is 1.26. The van der Waals surface area contributed by atoms with E-state index >= 15 is 0 Å². The summed E-state index contributed by atoms with van der Waals surface area (Å²) in [6.07, 6.45) is 1.52. The van der Waals surface area contributed by atoms with Crippen LogP contribution in [0.4, 0.5) is 0 Å². The van der Waals surface area contributed by atoms with Crippen LogP contribution in [0.1, 0.15) is 10.5 Å². The Hall–Kier alpha value is -2.48. The van der Waals surface area contributed by atoms with Gasteiger partial charge in [0.15, 0.2) is 10.8 Å². The molecule has 0 radical (unpaired) electrons. The largest absolute Gasteiger partial charge is 0.462 e. The Bertz CT molecular complexity index is 661. The first-order valence-corrected chi connectivity index (χ1v) is 6.63. The van der Waals surface area contributed by atoms with Crippen LogP contribution in [-0.4, -0.2) is 40.7 Å². The lowest BCUT2D eigenvalue weighted by molar-refractivity contribution is -0.135. The number of hydrogen-bond acceptors (Lipinski definition) is 6. The summed E-state index contributed by atoms with van der Waals surface area (Å²) in [5.41, 5.74) is 0.198. The van der Waals surface area contributed by atoms with Crippen LogP contribution in [0.5, 0.6) is 0 Å². The Morgan fingerprint density at radius 3 is 2.75 bits per heavy atom. The second-order valence-electron chi connectivity index (χ2n) is 4.15. The summed E-state index contributed by atoms with van der Waals surface area (Å²) in [4.78, 5) is 40.0. The van der Waals surface area contributed by atoms with Gasteiger partial charge in [-0.3, -0.25) is 19.7 Å². The van der Waals surface area contributed by atoms with Gasteiger partial charge in [0.25, 0.3) is 5.91 Å². The number of piperazine rings is 1. The van der Waals surface area contributed by atoms with Crippen LogP contribution in [0.2, 0.25) is 0 Å². The maximum absolute atomic E-state index is 12.2. The van der Waals surface area contributed by atoms with Gasteiger partial charge in [-0.1, -0.05) is 0 Å². The molecular weight excluding hydrogens is 282 g/mol. The van der Waals surface area contributed by atoms with Gasteiger partial charge in [-0.25, -0.2) is 4.98 Å². The lowest BCUT2D eigenvalue weighted by Crippen LogP contribution is -2.53. The van der Waals surface area contributed by atoms with Crippen molar-refractivity contribution in [1.82, 2.24) is 15.2 Å². The van der Waals surface area contributed by atoms with Crippen LogP contribution in [0.25, 0.3) is 10.8 Å². The van der Waals surface area contributed by atoms with Crippen molar-refractivity contribution in [3.05, 3.63) is 29.5 Å². The van der Waals surface area contributed by atoms with Crippen LogP contribution >= 0.6 is 11.3 Å². The minimum absolute atomic E-state index is 0.141. The first-order chi connectivity index (χ1) is 9.63. The van der Waals surface area contributed by atoms with E-state index in [2.05, 4.69) is 10.3 Å². The maximum atomic E-state index is 12.2. The predicted molar refractivity (Wildman–Crippen MR) is 68.9 cm³/mol. The third kappa shape index (κ3) is 2.32. The highest BCUT2D eigenvalue weighted by atomic mass is 32.1. The van der Waals surface area contributed by atoms with E-state index in [4.69, 9.17) is 4.42 Å². The molecule has 0 spiro atoms. The van der Waals surface area contributed by atoms with E-state index in [9.17, 15) is 14.4 Å². The fraction of sp³-hybridized carbons (Fsp3) is 0.167. The van der Waals surface area contributed by atoms with Crippen molar-refractivity contribution in [1.29, 1.82) is 0 Å². The second-order valence-corrected chi connectivity index (χ2v) is 5.01. The number of carbonyl (C=O) groups excluding carboxylic acids is 3. The van der Waals surface area contributed by atoms with Crippen LogP contribution in [-0.2, 0) is 9.59 Å². The lowest BCUT2D eigenvalue weighted by atomic mass is 10.3. The van der Waals surface area contributed by atoms with Gasteiger partial charge in [-0.05, 0) is 12.1 Å². The van der Waals surface area contributed by atoms with Crippen molar-refractivity contribution in [2.24, 2.45) is 0 Å². The quantitative estimate of drug-likeness (QED) is 0.813. The van der Waals surface area contributed by atoms with E-state index in [-0.39, 0.29) is 18.8 Å². The van der Waals surface area contributed by atoms with E-state index in [1.54, 1.807) is 17.5 Å². The molecule has 1 saturated heterocycles. The van der Waals surface area contributed by atoms with Crippen LogP contribution in [0.15, 0.2) is 28.2 Å². The summed E-state index contributed by atoms with van der Waals surface area (Å²) in [5, 5.41) is 4.29. The van der Waals surface area contributed by atoms with Gasteiger partial charge in [0.2, 0.25) is 11.8 Å². The van der Waals surface area contributed by atoms with Crippen LogP contribution in [0.3, 0.4) is 0 Å². The molecule has 1 N–H and O–H groups in total. The highest BCUT2D eigenvalue weighted by Gasteiger charge is 2.28. The zero-order valence-corrected chi connectivity index (χ0v) is 11.0. The average Bonchev–Trinajstić information content (AvgIpc) is 3.07. The van der Waals surface area contributed by atoms with Gasteiger partial charge in [-0.15, -0.1) is 11.3 Å². The van der Waals surface area contributed by atoms with Crippen molar-refractivity contribution in [2.45, 2.75) is 0 Å². The zero-order chi connectivity index (χ0) is 14.1. The Labute approximate surface area is 117 Å². The number of amides is 3. The van der Waals surface area contributed by atoms with E-state index < -0.39 is 17.7 Å². The molecule has 1 fully saturated rings. The molecule has 0 atom stereocenters. The average molecular weight is 291 g/mol. The molecule has 0 saturated carbocycles. The van der Waals surface area contributed by atoms with Crippen LogP contribution < -0.4 is 5.32 Å². The number of carbonyl (C=O) groups is 3. The number of aromatic nitrogens is 1. The smallest absolute Gasteiger partial charge is 0.274 e.